The van der Waals surface area contributed by atoms with Gasteiger partial charge in [0.25, 0.3) is 5.91 Å². The van der Waals surface area contributed by atoms with E-state index in [1.807, 2.05) is 18.7 Å². The van der Waals surface area contributed by atoms with Crippen LogP contribution in [0.1, 0.15) is 42.1 Å². The number of benzene rings is 1. The summed E-state index contributed by atoms with van der Waals surface area (Å²) >= 11 is 6.18. The van der Waals surface area contributed by atoms with Crippen LogP contribution in [0.3, 0.4) is 0 Å². The molecule has 1 fully saturated rings. The van der Waals surface area contributed by atoms with Crippen molar-refractivity contribution in [3.8, 4) is 5.75 Å². The summed E-state index contributed by atoms with van der Waals surface area (Å²) in [5, 5.41) is 0.550. The molecule has 6 heteroatoms. The first kappa shape index (κ1) is 18.6. The fraction of sp³-hybridized carbons (Fsp3) is 0.556. The molecule has 0 unspecified atom stereocenters. The van der Waals surface area contributed by atoms with Crippen molar-refractivity contribution in [2.75, 3.05) is 33.3 Å². The molecule has 0 N–H and O–H groups in total. The van der Waals surface area contributed by atoms with Crippen LogP contribution in [0, 0.1) is 6.92 Å². The van der Waals surface area contributed by atoms with Crippen LogP contribution in [-0.2, 0) is 4.79 Å². The van der Waals surface area contributed by atoms with Gasteiger partial charge in [-0.05, 0) is 37.5 Å². The molecule has 0 atom stereocenters. The number of amides is 2. The molecule has 1 aliphatic rings. The van der Waals surface area contributed by atoms with Gasteiger partial charge >= 0.3 is 0 Å². The van der Waals surface area contributed by atoms with Crippen molar-refractivity contribution < 1.29 is 14.3 Å². The monoisotopic (exact) mass is 352 g/mol. The van der Waals surface area contributed by atoms with Crippen LogP contribution in [0.15, 0.2) is 12.1 Å². The summed E-state index contributed by atoms with van der Waals surface area (Å²) in [6.07, 6.45) is 2.19. The Morgan fingerprint density at radius 1 is 1.17 bits per heavy atom. The number of ether oxygens (including phenoxy) is 1. The highest BCUT2D eigenvalue weighted by Gasteiger charge is 2.25. The molecule has 0 saturated carbocycles. The highest BCUT2D eigenvalue weighted by Crippen LogP contribution is 2.28. The Balaban J connectivity index is 2.13. The second-order valence-electron chi connectivity index (χ2n) is 6.08. The fourth-order valence-corrected chi connectivity index (χ4v) is 3.07. The minimum Gasteiger partial charge on any atom is -0.496 e. The standard InChI is InChI=1S/C18H25ClN2O3/c1-4-6-17(22)20-7-5-8-21(10-9-20)18(23)14-12-15(19)13(2)11-16(14)24-3/h11-12H,4-10H2,1-3H3. The lowest BCUT2D eigenvalue weighted by atomic mass is 10.1. The third-order valence-corrected chi connectivity index (χ3v) is 4.72. The van der Waals surface area contributed by atoms with Crippen molar-refractivity contribution in [3.05, 3.63) is 28.3 Å². The lowest BCUT2D eigenvalue weighted by Gasteiger charge is -2.23. The Hall–Kier alpha value is -1.75. The number of carbonyl (C=O) groups excluding carboxylic acids is 2. The Morgan fingerprint density at radius 3 is 2.50 bits per heavy atom. The molecule has 1 heterocycles. The van der Waals surface area contributed by atoms with Crippen molar-refractivity contribution in [1.82, 2.24) is 9.80 Å². The van der Waals surface area contributed by atoms with E-state index in [-0.39, 0.29) is 11.8 Å². The summed E-state index contributed by atoms with van der Waals surface area (Å²) in [5.41, 5.74) is 1.35. The summed E-state index contributed by atoms with van der Waals surface area (Å²) in [7, 11) is 1.55. The number of aryl methyl sites for hydroxylation is 1. The predicted octanol–water partition coefficient (Wildman–Crippen LogP) is 3.13. The average Bonchev–Trinajstić information content (AvgIpc) is 2.82. The lowest BCUT2D eigenvalue weighted by Crippen LogP contribution is -2.37. The molecule has 2 amide bonds. The average molecular weight is 353 g/mol. The molecule has 0 aliphatic carbocycles. The van der Waals surface area contributed by atoms with Gasteiger partial charge in [-0.1, -0.05) is 18.5 Å². The van der Waals surface area contributed by atoms with Gasteiger partial charge in [-0.3, -0.25) is 9.59 Å². The largest absolute Gasteiger partial charge is 0.496 e. The number of methoxy groups -OCH3 is 1. The van der Waals surface area contributed by atoms with Crippen LogP contribution in [0.5, 0.6) is 5.75 Å². The van der Waals surface area contributed by atoms with Gasteiger partial charge in [-0.25, -0.2) is 0 Å². The van der Waals surface area contributed by atoms with E-state index in [0.29, 0.717) is 48.9 Å². The van der Waals surface area contributed by atoms with Crippen molar-refractivity contribution in [2.45, 2.75) is 33.1 Å². The van der Waals surface area contributed by atoms with Gasteiger partial charge in [0.2, 0.25) is 5.91 Å². The Labute approximate surface area is 148 Å². The van der Waals surface area contributed by atoms with Crippen LogP contribution in [0.2, 0.25) is 5.02 Å². The number of halogens is 1. The molecule has 1 saturated heterocycles. The number of carbonyl (C=O) groups is 2. The van der Waals surface area contributed by atoms with Crippen molar-refractivity contribution >= 4 is 23.4 Å². The topological polar surface area (TPSA) is 49.9 Å². The Bertz CT molecular complexity index is 619. The van der Waals surface area contributed by atoms with E-state index in [1.165, 1.54) is 0 Å². The van der Waals surface area contributed by atoms with Crippen molar-refractivity contribution in [1.29, 1.82) is 0 Å². The molecule has 24 heavy (non-hydrogen) atoms. The Kier molecular flexibility index (Phi) is 6.49. The Morgan fingerprint density at radius 2 is 1.83 bits per heavy atom. The van der Waals surface area contributed by atoms with Crippen LogP contribution in [0.25, 0.3) is 0 Å². The van der Waals surface area contributed by atoms with Crippen molar-refractivity contribution in [3.63, 3.8) is 0 Å². The highest BCUT2D eigenvalue weighted by molar-refractivity contribution is 6.31. The second kappa shape index (κ2) is 8.38. The number of nitrogens with zero attached hydrogens (tertiary/aromatic N) is 2. The molecule has 5 nitrogen and oxygen atoms in total. The van der Waals surface area contributed by atoms with Gasteiger partial charge in [0, 0.05) is 37.6 Å². The first-order valence-electron chi connectivity index (χ1n) is 8.39. The molecule has 1 aliphatic heterocycles. The predicted molar refractivity (Wildman–Crippen MR) is 94.7 cm³/mol. The van der Waals surface area contributed by atoms with E-state index < -0.39 is 0 Å². The van der Waals surface area contributed by atoms with Gasteiger partial charge in [0.05, 0.1) is 12.7 Å². The summed E-state index contributed by atoms with van der Waals surface area (Å²) < 4.78 is 5.34. The third-order valence-electron chi connectivity index (χ3n) is 4.31. The van der Waals surface area contributed by atoms with Crippen LogP contribution >= 0.6 is 11.6 Å². The summed E-state index contributed by atoms with van der Waals surface area (Å²) in [6, 6.07) is 3.45. The van der Waals surface area contributed by atoms with E-state index in [9.17, 15) is 9.59 Å². The van der Waals surface area contributed by atoms with Crippen molar-refractivity contribution in [2.24, 2.45) is 0 Å². The van der Waals surface area contributed by atoms with Gasteiger partial charge in [0.1, 0.15) is 5.75 Å². The lowest BCUT2D eigenvalue weighted by molar-refractivity contribution is -0.131. The fourth-order valence-electron chi connectivity index (χ4n) is 2.90. The van der Waals surface area contributed by atoms with Gasteiger partial charge in [-0.15, -0.1) is 0 Å². The maximum absolute atomic E-state index is 12.9. The van der Waals surface area contributed by atoms with Gasteiger partial charge < -0.3 is 14.5 Å². The second-order valence-corrected chi connectivity index (χ2v) is 6.49. The molecule has 0 spiro atoms. The third kappa shape index (κ3) is 4.20. The normalized spacial score (nSPS) is 15.2. The van der Waals surface area contributed by atoms with Gasteiger partial charge in [0.15, 0.2) is 0 Å². The summed E-state index contributed by atoms with van der Waals surface area (Å²) in [6.45, 7) is 6.31. The zero-order valence-electron chi connectivity index (χ0n) is 14.6. The van der Waals surface area contributed by atoms with Gasteiger partial charge in [-0.2, -0.15) is 0 Å². The zero-order valence-corrected chi connectivity index (χ0v) is 15.4. The molecule has 132 valence electrons. The van der Waals surface area contributed by atoms with Crippen LogP contribution in [-0.4, -0.2) is 54.9 Å². The first-order chi connectivity index (χ1) is 11.5. The smallest absolute Gasteiger partial charge is 0.257 e. The maximum Gasteiger partial charge on any atom is 0.257 e. The zero-order chi connectivity index (χ0) is 17.7. The number of rotatable bonds is 4. The summed E-state index contributed by atoms with van der Waals surface area (Å²) in [5.74, 6) is 0.603. The molecule has 0 radical (unpaired) electrons. The molecule has 2 rings (SSSR count). The quantitative estimate of drug-likeness (QED) is 0.836. The minimum atomic E-state index is -0.0986. The van der Waals surface area contributed by atoms with Crippen LogP contribution < -0.4 is 4.74 Å². The molecular formula is C18H25ClN2O3. The van der Waals surface area contributed by atoms with E-state index in [2.05, 4.69) is 0 Å². The molecule has 0 bridgehead atoms. The van der Waals surface area contributed by atoms with E-state index in [0.717, 1.165) is 18.4 Å². The minimum absolute atomic E-state index is 0.0986. The molecular weight excluding hydrogens is 328 g/mol. The molecule has 1 aromatic rings. The first-order valence-corrected chi connectivity index (χ1v) is 8.77. The summed E-state index contributed by atoms with van der Waals surface area (Å²) in [4.78, 5) is 28.6. The van der Waals surface area contributed by atoms with Crippen LogP contribution in [0.4, 0.5) is 0 Å². The SMILES string of the molecule is CCCC(=O)N1CCCN(C(=O)c2cc(Cl)c(C)cc2OC)CC1. The van der Waals surface area contributed by atoms with E-state index in [4.69, 9.17) is 16.3 Å². The maximum atomic E-state index is 12.9. The molecule has 1 aromatic carbocycles. The number of hydrogen-bond acceptors (Lipinski definition) is 3. The van der Waals surface area contributed by atoms with E-state index >= 15 is 0 Å². The molecule has 0 aromatic heterocycles. The number of hydrogen-bond donors (Lipinski definition) is 0. The highest BCUT2D eigenvalue weighted by atomic mass is 35.5. The van der Waals surface area contributed by atoms with E-state index in [1.54, 1.807) is 24.1 Å².